The van der Waals surface area contributed by atoms with Gasteiger partial charge in [0.2, 0.25) is 5.91 Å². The monoisotopic (exact) mass is 293 g/mol. The first-order valence-electron chi connectivity index (χ1n) is 8.86. The number of nitrogens with zero attached hydrogens (tertiary/aromatic N) is 2. The Kier molecular flexibility index (Phi) is 4.55. The summed E-state index contributed by atoms with van der Waals surface area (Å²) in [5.74, 6) is 1.02. The van der Waals surface area contributed by atoms with Crippen molar-refractivity contribution in [3.8, 4) is 0 Å². The highest BCUT2D eigenvalue weighted by Gasteiger charge is 2.39. The Labute approximate surface area is 129 Å². The molecule has 4 nitrogen and oxygen atoms in total. The van der Waals surface area contributed by atoms with Crippen molar-refractivity contribution in [2.75, 3.05) is 19.6 Å². The number of fused-ring (bicyclic) bond motifs is 1. The van der Waals surface area contributed by atoms with E-state index in [1.165, 1.54) is 32.2 Å². The van der Waals surface area contributed by atoms with Crippen molar-refractivity contribution in [1.29, 1.82) is 0 Å². The first kappa shape index (κ1) is 15.3. The molecule has 0 radical (unpaired) electrons. The summed E-state index contributed by atoms with van der Waals surface area (Å²) in [7, 11) is 0. The molecule has 3 rings (SSSR count). The van der Waals surface area contributed by atoms with Crippen molar-refractivity contribution in [1.82, 2.24) is 9.80 Å². The Bertz CT molecular complexity index is 386. The molecule has 0 spiro atoms. The highest BCUT2D eigenvalue weighted by atomic mass is 16.2. The summed E-state index contributed by atoms with van der Waals surface area (Å²) < 4.78 is 0. The number of nitrogens with two attached hydrogens (primary N) is 1. The third-order valence-corrected chi connectivity index (χ3v) is 6.07. The van der Waals surface area contributed by atoms with Crippen LogP contribution in [-0.2, 0) is 4.79 Å². The molecule has 0 aromatic carbocycles. The second kappa shape index (κ2) is 6.25. The second-order valence-electron chi connectivity index (χ2n) is 7.61. The van der Waals surface area contributed by atoms with E-state index in [1.54, 1.807) is 0 Å². The fourth-order valence-corrected chi connectivity index (χ4v) is 4.68. The SMILES string of the molecule is CC(C(=O)N1CC2CCCN2CC1C)C1CCCC(N)C1. The van der Waals surface area contributed by atoms with Crippen LogP contribution in [0.1, 0.15) is 52.4 Å². The van der Waals surface area contributed by atoms with E-state index in [2.05, 4.69) is 23.6 Å². The lowest BCUT2D eigenvalue weighted by atomic mass is 9.78. The van der Waals surface area contributed by atoms with E-state index in [4.69, 9.17) is 5.73 Å². The third kappa shape index (κ3) is 3.11. The lowest BCUT2D eigenvalue weighted by Gasteiger charge is -2.44. The van der Waals surface area contributed by atoms with Crippen LogP contribution in [0.25, 0.3) is 0 Å². The van der Waals surface area contributed by atoms with Gasteiger partial charge in [-0.25, -0.2) is 0 Å². The predicted octanol–water partition coefficient (Wildman–Crippen LogP) is 1.84. The molecular formula is C17H31N3O. The molecule has 0 bridgehead atoms. The van der Waals surface area contributed by atoms with Gasteiger partial charge < -0.3 is 10.6 Å². The summed E-state index contributed by atoms with van der Waals surface area (Å²) in [4.78, 5) is 17.7. The molecule has 2 heterocycles. The van der Waals surface area contributed by atoms with Gasteiger partial charge in [0.1, 0.15) is 0 Å². The molecule has 1 amide bonds. The van der Waals surface area contributed by atoms with Gasteiger partial charge in [0.25, 0.3) is 0 Å². The van der Waals surface area contributed by atoms with Gasteiger partial charge in [-0.1, -0.05) is 13.3 Å². The zero-order valence-electron chi connectivity index (χ0n) is 13.6. The fraction of sp³-hybridized carbons (Fsp3) is 0.941. The van der Waals surface area contributed by atoms with Gasteiger partial charge in [-0.15, -0.1) is 0 Å². The van der Waals surface area contributed by atoms with Gasteiger partial charge in [-0.3, -0.25) is 9.69 Å². The summed E-state index contributed by atoms with van der Waals surface area (Å²) in [5, 5.41) is 0. The lowest BCUT2D eigenvalue weighted by molar-refractivity contribution is -0.142. The average Bonchev–Trinajstić information content (AvgIpc) is 2.92. The zero-order valence-corrected chi connectivity index (χ0v) is 13.6. The van der Waals surface area contributed by atoms with Crippen LogP contribution in [0.3, 0.4) is 0 Å². The number of carbonyl (C=O) groups is 1. The molecule has 4 heteroatoms. The van der Waals surface area contributed by atoms with Crippen LogP contribution in [0.5, 0.6) is 0 Å². The standard InChI is InChI=1S/C17H31N3O/c1-12-10-19-8-4-7-16(19)11-20(12)17(21)13(2)14-5-3-6-15(18)9-14/h12-16H,3-11,18H2,1-2H3. The topological polar surface area (TPSA) is 49.6 Å². The largest absolute Gasteiger partial charge is 0.337 e. The van der Waals surface area contributed by atoms with Crippen LogP contribution < -0.4 is 5.73 Å². The normalized spacial score (nSPS) is 39.1. The van der Waals surface area contributed by atoms with Crippen LogP contribution in [0, 0.1) is 11.8 Å². The van der Waals surface area contributed by atoms with Gasteiger partial charge in [0.05, 0.1) is 0 Å². The molecule has 2 aliphatic heterocycles. The molecule has 21 heavy (non-hydrogen) atoms. The van der Waals surface area contributed by atoms with Gasteiger partial charge >= 0.3 is 0 Å². The van der Waals surface area contributed by atoms with E-state index < -0.39 is 0 Å². The fourth-order valence-electron chi connectivity index (χ4n) is 4.68. The summed E-state index contributed by atoms with van der Waals surface area (Å²) in [6.45, 7) is 7.59. The Hall–Kier alpha value is -0.610. The van der Waals surface area contributed by atoms with Gasteiger partial charge in [0, 0.05) is 37.1 Å². The minimum Gasteiger partial charge on any atom is -0.337 e. The van der Waals surface area contributed by atoms with Crippen LogP contribution >= 0.6 is 0 Å². The lowest BCUT2D eigenvalue weighted by Crippen LogP contribution is -2.58. The molecular weight excluding hydrogens is 262 g/mol. The zero-order chi connectivity index (χ0) is 15.0. The average molecular weight is 293 g/mol. The summed E-state index contributed by atoms with van der Waals surface area (Å²) in [6, 6.07) is 1.29. The molecule has 120 valence electrons. The van der Waals surface area contributed by atoms with E-state index >= 15 is 0 Å². The maximum atomic E-state index is 13.0. The maximum absolute atomic E-state index is 13.0. The van der Waals surface area contributed by atoms with Crippen LogP contribution in [-0.4, -0.2) is 53.5 Å². The molecule has 0 aromatic heterocycles. The second-order valence-corrected chi connectivity index (χ2v) is 7.61. The molecule has 3 aliphatic rings. The number of carbonyl (C=O) groups excluding carboxylic acids is 1. The van der Waals surface area contributed by atoms with Crippen molar-refractivity contribution in [2.45, 2.75) is 70.5 Å². The number of amides is 1. The van der Waals surface area contributed by atoms with E-state index in [9.17, 15) is 4.79 Å². The van der Waals surface area contributed by atoms with Crippen molar-refractivity contribution >= 4 is 5.91 Å². The minimum absolute atomic E-state index is 0.145. The van der Waals surface area contributed by atoms with E-state index in [0.29, 0.717) is 30.0 Å². The van der Waals surface area contributed by atoms with Crippen molar-refractivity contribution < 1.29 is 4.79 Å². The van der Waals surface area contributed by atoms with E-state index in [0.717, 1.165) is 25.9 Å². The van der Waals surface area contributed by atoms with Crippen molar-refractivity contribution in [3.05, 3.63) is 0 Å². The summed E-state index contributed by atoms with van der Waals surface area (Å²) in [6.07, 6.45) is 7.10. The molecule has 0 aromatic rings. The van der Waals surface area contributed by atoms with Crippen LogP contribution in [0.2, 0.25) is 0 Å². The molecule has 2 N–H and O–H groups in total. The summed E-state index contributed by atoms with van der Waals surface area (Å²) in [5.41, 5.74) is 6.11. The van der Waals surface area contributed by atoms with Gasteiger partial charge in [0.15, 0.2) is 0 Å². The van der Waals surface area contributed by atoms with Gasteiger partial charge in [-0.2, -0.15) is 0 Å². The Morgan fingerprint density at radius 2 is 2.00 bits per heavy atom. The number of rotatable bonds is 2. The van der Waals surface area contributed by atoms with Crippen LogP contribution in [0.4, 0.5) is 0 Å². The molecule has 2 saturated heterocycles. The van der Waals surface area contributed by atoms with Crippen LogP contribution in [0.15, 0.2) is 0 Å². The van der Waals surface area contributed by atoms with Gasteiger partial charge in [-0.05, 0) is 51.5 Å². The van der Waals surface area contributed by atoms with Crippen molar-refractivity contribution in [3.63, 3.8) is 0 Å². The Morgan fingerprint density at radius 1 is 1.19 bits per heavy atom. The first-order valence-corrected chi connectivity index (χ1v) is 8.86. The minimum atomic E-state index is 0.145. The summed E-state index contributed by atoms with van der Waals surface area (Å²) >= 11 is 0. The highest BCUT2D eigenvalue weighted by Crippen LogP contribution is 2.32. The smallest absolute Gasteiger partial charge is 0.226 e. The van der Waals surface area contributed by atoms with E-state index in [1.807, 2.05) is 0 Å². The quantitative estimate of drug-likeness (QED) is 0.845. The molecule has 5 unspecified atom stereocenters. The Morgan fingerprint density at radius 3 is 2.76 bits per heavy atom. The third-order valence-electron chi connectivity index (χ3n) is 6.07. The maximum Gasteiger partial charge on any atom is 0.226 e. The number of hydrogen-bond donors (Lipinski definition) is 1. The first-order chi connectivity index (χ1) is 10.1. The molecule has 1 aliphatic carbocycles. The van der Waals surface area contributed by atoms with E-state index in [-0.39, 0.29) is 5.92 Å². The van der Waals surface area contributed by atoms with Crippen molar-refractivity contribution in [2.24, 2.45) is 17.6 Å². The molecule has 3 fully saturated rings. The highest BCUT2D eigenvalue weighted by molar-refractivity contribution is 5.79. The number of piperazine rings is 1. The molecule has 5 atom stereocenters. The molecule has 1 saturated carbocycles. The predicted molar refractivity (Wildman–Crippen MR) is 84.9 cm³/mol. The Balaban J connectivity index is 1.63. The number of hydrogen-bond acceptors (Lipinski definition) is 3.